The number of anilines is 1. The normalized spacial score (nSPS) is 15.5. The van der Waals surface area contributed by atoms with Gasteiger partial charge in [-0.3, -0.25) is 9.59 Å². The molecule has 0 unspecified atom stereocenters. The summed E-state index contributed by atoms with van der Waals surface area (Å²) in [5.41, 5.74) is 2.45. The van der Waals surface area contributed by atoms with Gasteiger partial charge in [0.25, 0.3) is 0 Å². The maximum Gasteiger partial charge on any atom is 0.236 e. The van der Waals surface area contributed by atoms with E-state index in [2.05, 4.69) is 35.2 Å². The Kier molecular flexibility index (Phi) is 4.97. The Morgan fingerprint density at radius 2 is 2.04 bits per heavy atom. The van der Waals surface area contributed by atoms with Crippen LogP contribution >= 0.6 is 23.1 Å². The summed E-state index contributed by atoms with van der Waals surface area (Å²) in [5.74, 6) is 0.168. The van der Waals surface area contributed by atoms with Gasteiger partial charge in [-0.05, 0) is 36.5 Å². The molecule has 28 heavy (non-hydrogen) atoms. The van der Waals surface area contributed by atoms with Crippen molar-refractivity contribution < 1.29 is 9.59 Å². The van der Waals surface area contributed by atoms with Crippen LogP contribution in [0.5, 0.6) is 0 Å². The summed E-state index contributed by atoms with van der Waals surface area (Å²) >= 11 is 2.82. The zero-order valence-electron chi connectivity index (χ0n) is 16.0. The van der Waals surface area contributed by atoms with Gasteiger partial charge in [-0.15, -0.1) is 11.3 Å². The van der Waals surface area contributed by atoms with Crippen LogP contribution in [0.4, 0.5) is 5.13 Å². The number of pyridine rings is 1. The van der Waals surface area contributed by atoms with Crippen molar-refractivity contribution in [3.8, 4) is 0 Å². The standard InChI is InChI=1S/C21H21N3O2S2/c1-12-8-13-6-4-5-7-14(13)22-19(12)27-11-17(26)23-20-24-18-15(25)9-21(2,3)10-16(18)28-20/h4-8H,9-11H2,1-3H3,(H,23,24,26). The van der Waals surface area contributed by atoms with Crippen molar-refractivity contribution in [2.75, 3.05) is 11.1 Å². The quantitative estimate of drug-likeness (QED) is 0.619. The molecule has 0 radical (unpaired) electrons. The van der Waals surface area contributed by atoms with Crippen molar-refractivity contribution in [3.05, 3.63) is 46.5 Å². The Morgan fingerprint density at radius 3 is 2.86 bits per heavy atom. The second-order valence-corrected chi connectivity index (χ2v) is 9.92. The van der Waals surface area contributed by atoms with Crippen LogP contribution in [0.2, 0.25) is 0 Å². The largest absolute Gasteiger partial charge is 0.301 e. The Labute approximate surface area is 172 Å². The lowest BCUT2D eigenvalue weighted by molar-refractivity contribution is -0.113. The number of Topliss-reactive ketones (excluding diaryl/α,β-unsaturated/α-hetero) is 1. The first-order valence-corrected chi connectivity index (χ1v) is 10.9. The Hall–Kier alpha value is -2.25. The molecule has 5 nitrogen and oxygen atoms in total. The van der Waals surface area contributed by atoms with E-state index in [1.54, 1.807) is 0 Å². The van der Waals surface area contributed by atoms with Gasteiger partial charge in [-0.1, -0.05) is 43.8 Å². The summed E-state index contributed by atoms with van der Waals surface area (Å²) in [6.07, 6.45) is 1.32. The number of para-hydroxylation sites is 1. The van der Waals surface area contributed by atoms with Crippen LogP contribution in [0.1, 0.15) is 41.2 Å². The smallest absolute Gasteiger partial charge is 0.236 e. The van der Waals surface area contributed by atoms with E-state index in [0.29, 0.717) is 17.2 Å². The number of benzene rings is 1. The number of ketones is 1. The van der Waals surface area contributed by atoms with E-state index in [1.165, 1.54) is 23.1 Å². The van der Waals surface area contributed by atoms with E-state index in [1.807, 2.05) is 31.2 Å². The molecule has 1 amide bonds. The Bertz CT molecular complexity index is 1090. The van der Waals surface area contributed by atoms with Crippen molar-refractivity contribution in [1.29, 1.82) is 0 Å². The first-order chi connectivity index (χ1) is 13.3. The third-order valence-electron chi connectivity index (χ3n) is 4.69. The van der Waals surface area contributed by atoms with E-state index in [9.17, 15) is 9.59 Å². The minimum atomic E-state index is -0.142. The van der Waals surface area contributed by atoms with Crippen molar-refractivity contribution in [2.45, 2.75) is 38.6 Å². The predicted octanol–water partition coefficient (Wildman–Crippen LogP) is 4.89. The monoisotopic (exact) mass is 411 g/mol. The molecule has 7 heteroatoms. The van der Waals surface area contributed by atoms with E-state index >= 15 is 0 Å². The highest BCUT2D eigenvalue weighted by Gasteiger charge is 2.34. The average molecular weight is 412 g/mol. The Morgan fingerprint density at radius 1 is 1.25 bits per heavy atom. The summed E-state index contributed by atoms with van der Waals surface area (Å²) < 4.78 is 0. The van der Waals surface area contributed by atoms with Crippen LogP contribution in [0, 0.1) is 12.3 Å². The topological polar surface area (TPSA) is 72.0 Å². The minimum Gasteiger partial charge on any atom is -0.301 e. The molecule has 0 saturated carbocycles. The molecular formula is C21H21N3O2S2. The molecule has 2 aromatic heterocycles. The molecule has 1 aliphatic carbocycles. The van der Waals surface area contributed by atoms with Crippen molar-refractivity contribution in [1.82, 2.24) is 9.97 Å². The second kappa shape index (κ2) is 7.29. The molecule has 3 aromatic rings. The Balaban J connectivity index is 1.43. The average Bonchev–Trinajstić information content (AvgIpc) is 3.01. The number of aryl methyl sites for hydroxylation is 1. The number of fused-ring (bicyclic) bond motifs is 2. The number of thiazole rings is 1. The molecule has 0 spiro atoms. The lowest BCUT2D eigenvalue weighted by Gasteiger charge is -2.26. The molecule has 0 bridgehead atoms. The molecular weight excluding hydrogens is 390 g/mol. The lowest BCUT2D eigenvalue weighted by Crippen LogP contribution is -2.26. The highest BCUT2D eigenvalue weighted by molar-refractivity contribution is 8.00. The zero-order valence-corrected chi connectivity index (χ0v) is 17.7. The molecule has 1 aromatic carbocycles. The first kappa shape index (κ1) is 19.1. The predicted molar refractivity (Wildman–Crippen MR) is 114 cm³/mol. The SMILES string of the molecule is Cc1cc2ccccc2nc1SCC(=O)Nc1nc2c(s1)CC(C)(C)CC2=O. The van der Waals surface area contributed by atoms with Crippen LogP contribution in [-0.2, 0) is 11.2 Å². The molecule has 1 N–H and O–H groups in total. The van der Waals surface area contributed by atoms with Crippen molar-refractivity contribution in [2.24, 2.45) is 5.41 Å². The number of carbonyl (C=O) groups excluding carboxylic acids is 2. The highest BCUT2D eigenvalue weighted by atomic mass is 32.2. The maximum absolute atomic E-state index is 12.4. The molecule has 0 aliphatic heterocycles. The van der Waals surface area contributed by atoms with Gasteiger partial charge in [0.05, 0.1) is 11.3 Å². The van der Waals surface area contributed by atoms with E-state index < -0.39 is 0 Å². The van der Waals surface area contributed by atoms with Gasteiger partial charge in [0.15, 0.2) is 10.9 Å². The number of hydrogen-bond acceptors (Lipinski definition) is 6. The number of nitrogens with one attached hydrogen (secondary N) is 1. The van der Waals surface area contributed by atoms with Crippen LogP contribution in [-0.4, -0.2) is 27.4 Å². The number of carbonyl (C=O) groups is 2. The number of rotatable bonds is 4. The van der Waals surface area contributed by atoms with Crippen LogP contribution in [0.3, 0.4) is 0 Å². The number of thioether (sulfide) groups is 1. The van der Waals surface area contributed by atoms with Gasteiger partial charge in [0.2, 0.25) is 5.91 Å². The summed E-state index contributed by atoms with van der Waals surface area (Å²) in [4.78, 5) is 34.7. The zero-order chi connectivity index (χ0) is 19.9. The molecule has 0 fully saturated rings. The van der Waals surface area contributed by atoms with E-state index in [-0.39, 0.29) is 22.9 Å². The summed E-state index contributed by atoms with van der Waals surface area (Å²) in [7, 11) is 0. The number of aromatic nitrogens is 2. The minimum absolute atomic E-state index is 0.0486. The molecule has 4 rings (SSSR count). The number of amides is 1. The first-order valence-electron chi connectivity index (χ1n) is 9.13. The fourth-order valence-corrected chi connectivity index (χ4v) is 5.44. The van der Waals surface area contributed by atoms with E-state index in [4.69, 9.17) is 0 Å². The van der Waals surface area contributed by atoms with Crippen molar-refractivity contribution in [3.63, 3.8) is 0 Å². The summed E-state index contributed by atoms with van der Waals surface area (Å²) in [6, 6.07) is 10.0. The van der Waals surface area contributed by atoms with Gasteiger partial charge in [-0.25, -0.2) is 9.97 Å². The number of hydrogen-bond donors (Lipinski definition) is 1. The maximum atomic E-state index is 12.4. The molecule has 0 atom stereocenters. The second-order valence-electron chi connectivity index (χ2n) is 7.87. The third-order valence-corrected chi connectivity index (χ3v) is 6.76. The fourth-order valence-electron chi connectivity index (χ4n) is 3.40. The van der Waals surface area contributed by atoms with Gasteiger partial charge in [0, 0.05) is 16.7 Å². The molecule has 2 heterocycles. The molecule has 0 saturated heterocycles. The molecule has 1 aliphatic rings. The van der Waals surface area contributed by atoms with Crippen LogP contribution < -0.4 is 5.32 Å². The van der Waals surface area contributed by atoms with Gasteiger partial charge < -0.3 is 5.32 Å². The van der Waals surface area contributed by atoms with E-state index in [0.717, 1.165) is 32.8 Å². The molecule has 144 valence electrons. The third kappa shape index (κ3) is 3.95. The highest BCUT2D eigenvalue weighted by Crippen LogP contribution is 2.38. The van der Waals surface area contributed by atoms with Crippen LogP contribution in [0.15, 0.2) is 35.4 Å². The lowest BCUT2D eigenvalue weighted by atomic mass is 9.78. The van der Waals surface area contributed by atoms with Gasteiger partial charge in [0.1, 0.15) is 10.7 Å². The van der Waals surface area contributed by atoms with Crippen molar-refractivity contribution >= 4 is 50.8 Å². The van der Waals surface area contributed by atoms with Crippen LogP contribution in [0.25, 0.3) is 10.9 Å². The summed E-state index contributed by atoms with van der Waals surface area (Å²) in [6.45, 7) is 6.17. The van der Waals surface area contributed by atoms with Gasteiger partial charge in [-0.2, -0.15) is 0 Å². The summed E-state index contributed by atoms with van der Waals surface area (Å²) in [5, 5.41) is 5.29. The fraction of sp³-hybridized carbons (Fsp3) is 0.333. The number of nitrogens with zero attached hydrogens (tertiary/aromatic N) is 2. The van der Waals surface area contributed by atoms with Gasteiger partial charge >= 0.3 is 0 Å².